The molecule has 1 N–H and O–H groups in total. The average molecular weight is 273 g/mol. The fourth-order valence-corrected chi connectivity index (χ4v) is 2.34. The highest BCUT2D eigenvalue weighted by atomic mass is 32.3. The first-order valence-corrected chi connectivity index (χ1v) is 6.64. The Morgan fingerprint density at radius 1 is 1.22 bits per heavy atom. The maximum Gasteiger partial charge on any atom is 0.332 e. The SMILES string of the molecule is O=C1CCC(c2ccc(S(=O)(=O)F)cc2)C(=O)N1.[HH]. The van der Waals surface area contributed by atoms with Crippen molar-refractivity contribution in [3.63, 3.8) is 0 Å². The lowest BCUT2D eigenvalue weighted by atomic mass is 9.91. The number of imide groups is 1. The van der Waals surface area contributed by atoms with Crippen molar-refractivity contribution in [3.05, 3.63) is 29.8 Å². The molecule has 18 heavy (non-hydrogen) atoms. The van der Waals surface area contributed by atoms with Crippen molar-refractivity contribution in [3.8, 4) is 0 Å². The lowest BCUT2D eigenvalue weighted by molar-refractivity contribution is -0.134. The van der Waals surface area contributed by atoms with Crippen molar-refractivity contribution < 1.29 is 23.3 Å². The predicted molar refractivity (Wildman–Crippen MR) is 62.0 cm³/mol. The van der Waals surface area contributed by atoms with Crippen molar-refractivity contribution in [1.82, 2.24) is 5.32 Å². The molecule has 1 saturated heterocycles. The van der Waals surface area contributed by atoms with Gasteiger partial charge in [-0.25, -0.2) is 0 Å². The van der Waals surface area contributed by atoms with Crippen LogP contribution in [0.1, 0.15) is 25.7 Å². The summed E-state index contributed by atoms with van der Waals surface area (Å²) in [6.07, 6.45) is 0.603. The van der Waals surface area contributed by atoms with E-state index in [4.69, 9.17) is 0 Å². The van der Waals surface area contributed by atoms with Gasteiger partial charge in [0.2, 0.25) is 11.8 Å². The van der Waals surface area contributed by atoms with Crippen molar-refractivity contribution in [2.45, 2.75) is 23.7 Å². The van der Waals surface area contributed by atoms with Gasteiger partial charge in [-0.2, -0.15) is 8.42 Å². The molecular weight excluding hydrogens is 261 g/mol. The largest absolute Gasteiger partial charge is 0.332 e. The summed E-state index contributed by atoms with van der Waals surface area (Å²) in [4.78, 5) is 22.1. The van der Waals surface area contributed by atoms with Crippen LogP contribution in [0.15, 0.2) is 29.2 Å². The molecule has 0 aliphatic carbocycles. The Kier molecular flexibility index (Phi) is 3.16. The van der Waals surface area contributed by atoms with Crippen molar-refractivity contribution in [2.24, 2.45) is 0 Å². The lowest BCUT2D eigenvalue weighted by Gasteiger charge is -2.20. The number of nitrogens with one attached hydrogen (secondary N) is 1. The highest BCUT2D eigenvalue weighted by Gasteiger charge is 2.28. The Morgan fingerprint density at radius 2 is 1.83 bits per heavy atom. The molecule has 1 aromatic carbocycles. The van der Waals surface area contributed by atoms with E-state index in [-0.39, 0.29) is 13.8 Å². The van der Waals surface area contributed by atoms with Gasteiger partial charge in [0.15, 0.2) is 0 Å². The first-order valence-electron chi connectivity index (χ1n) is 5.26. The quantitative estimate of drug-likeness (QED) is 0.646. The molecule has 1 heterocycles. The third-order valence-corrected chi connectivity index (χ3v) is 3.64. The van der Waals surface area contributed by atoms with Gasteiger partial charge >= 0.3 is 10.2 Å². The van der Waals surface area contributed by atoms with Crippen molar-refractivity contribution in [2.75, 3.05) is 0 Å². The monoisotopic (exact) mass is 273 g/mol. The minimum Gasteiger partial charge on any atom is -0.296 e. The van der Waals surface area contributed by atoms with E-state index >= 15 is 0 Å². The van der Waals surface area contributed by atoms with E-state index in [9.17, 15) is 21.9 Å². The molecule has 1 unspecified atom stereocenters. The maximum absolute atomic E-state index is 12.7. The molecule has 0 spiro atoms. The number of rotatable bonds is 2. The first-order chi connectivity index (χ1) is 8.38. The lowest BCUT2D eigenvalue weighted by Crippen LogP contribution is -2.39. The number of hydrogen-bond donors (Lipinski definition) is 1. The molecular formula is C11H12FNO4S. The van der Waals surface area contributed by atoms with Gasteiger partial charge in [0, 0.05) is 7.85 Å². The molecule has 1 atom stereocenters. The minimum atomic E-state index is -4.73. The summed E-state index contributed by atoms with van der Waals surface area (Å²) in [6, 6.07) is 4.97. The van der Waals surface area contributed by atoms with Crippen LogP contribution in [-0.2, 0) is 19.8 Å². The van der Waals surface area contributed by atoms with Crippen molar-refractivity contribution >= 4 is 22.0 Å². The van der Waals surface area contributed by atoms with E-state index in [1.165, 1.54) is 12.1 Å². The number of halogens is 1. The van der Waals surface area contributed by atoms with Gasteiger partial charge in [0.1, 0.15) is 0 Å². The molecule has 0 radical (unpaired) electrons. The van der Waals surface area contributed by atoms with Crippen LogP contribution in [0.25, 0.3) is 0 Å². The fourth-order valence-electron chi connectivity index (χ4n) is 1.87. The molecule has 98 valence electrons. The molecule has 0 saturated carbocycles. The summed E-state index contributed by atoms with van der Waals surface area (Å²) in [7, 11) is -4.73. The second-order valence-corrected chi connectivity index (χ2v) is 5.36. The first kappa shape index (κ1) is 12.7. The summed E-state index contributed by atoms with van der Waals surface area (Å²) in [6.45, 7) is 0. The molecule has 2 amide bonds. The van der Waals surface area contributed by atoms with E-state index in [2.05, 4.69) is 5.32 Å². The van der Waals surface area contributed by atoms with Crippen LogP contribution in [0.2, 0.25) is 0 Å². The minimum absolute atomic E-state index is 0. The zero-order chi connectivity index (χ0) is 13.3. The predicted octanol–water partition coefficient (Wildman–Crippen LogP) is 1.11. The standard InChI is InChI=1S/C11H10FNO4S.H2/c12-18(16,17)8-3-1-7(2-4-8)9-5-6-10(14)13-11(9)15;/h1-4,9H,5-6H2,(H,13,14,15);1H. The number of carbonyl (C=O) groups is 2. The fraction of sp³-hybridized carbons (Fsp3) is 0.273. The topological polar surface area (TPSA) is 80.3 Å². The Hall–Kier alpha value is -1.76. The molecule has 0 bridgehead atoms. The van der Waals surface area contributed by atoms with Crippen LogP contribution in [-0.4, -0.2) is 20.2 Å². The summed E-state index contributed by atoms with van der Waals surface area (Å²) in [5.74, 6) is -1.24. The second-order valence-electron chi connectivity index (χ2n) is 4.01. The Morgan fingerprint density at radius 3 is 2.33 bits per heavy atom. The summed E-state index contributed by atoms with van der Waals surface area (Å²) in [5.41, 5.74) is 0.562. The van der Waals surface area contributed by atoms with E-state index in [0.717, 1.165) is 12.1 Å². The third kappa shape index (κ3) is 2.56. The summed E-state index contributed by atoms with van der Waals surface area (Å²) >= 11 is 0. The number of hydrogen-bond acceptors (Lipinski definition) is 4. The van der Waals surface area contributed by atoms with Gasteiger partial charge in [-0.05, 0) is 24.1 Å². The zero-order valence-corrected chi connectivity index (χ0v) is 10.0. The molecule has 1 aliphatic heterocycles. The van der Waals surface area contributed by atoms with Gasteiger partial charge < -0.3 is 0 Å². The highest BCUT2D eigenvalue weighted by Crippen LogP contribution is 2.25. The van der Waals surface area contributed by atoms with Crippen LogP contribution < -0.4 is 5.32 Å². The summed E-state index contributed by atoms with van der Waals surface area (Å²) in [5, 5.41) is 2.20. The highest BCUT2D eigenvalue weighted by molar-refractivity contribution is 7.86. The molecule has 5 nitrogen and oxygen atoms in total. The molecule has 1 aromatic rings. The van der Waals surface area contributed by atoms with Gasteiger partial charge in [0.25, 0.3) is 0 Å². The Balaban J connectivity index is 0.00000180. The number of piperidine rings is 1. The van der Waals surface area contributed by atoms with Crippen LogP contribution in [0.3, 0.4) is 0 Å². The van der Waals surface area contributed by atoms with Crippen LogP contribution in [0, 0.1) is 0 Å². The number of amides is 2. The molecule has 1 aliphatic rings. The third-order valence-electron chi connectivity index (χ3n) is 2.80. The average Bonchev–Trinajstić information content (AvgIpc) is 2.28. The van der Waals surface area contributed by atoms with E-state index in [0.29, 0.717) is 12.0 Å². The second kappa shape index (κ2) is 4.49. The van der Waals surface area contributed by atoms with Gasteiger partial charge in [-0.3, -0.25) is 14.9 Å². The molecule has 1 fully saturated rings. The Labute approximate surface area is 105 Å². The number of carbonyl (C=O) groups excluding carboxylic acids is 2. The Bertz CT molecular complexity index is 600. The van der Waals surface area contributed by atoms with Crippen LogP contribution >= 0.6 is 0 Å². The van der Waals surface area contributed by atoms with E-state index in [1.807, 2.05) is 0 Å². The van der Waals surface area contributed by atoms with E-state index in [1.54, 1.807) is 0 Å². The smallest absolute Gasteiger partial charge is 0.296 e. The van der Waals surface area contributed by atoms with Gasteiger partial charge in [-0.1, -0.05) is 12.1 Å². The zero-order valence-electron chi connectivity index (χ0n) is 9.22. The maximum atomic E-state index is 12.7. The van der Waals surface area contributed by atoms with E-state index < -0.39 is 26.9 Å². The molecule has 2 rings (SSSR count). The number of benzene rings is 1. The van der Waals surface area contributed by atoms with Crippen molar-refractivity contribution in [1.29, 1.82) is 0 Å². The van der Waals surface area contributed by atoms with Crippen LogP contribution in [0.5, 0.6) is 0 Å². The molecule has 0 aromatic heterocycles. The normalized spacial score (nSPS) is 20.6. The van der Waals surface area contributed by atoms with Gasteiger partial charge in [0.05, 0.1) is 10.8 Å². The summed E-state index contributed by atoms with van der Waals surface area (Å²) < 4.78 is 33.9. The molecule has 7 heteroatoms. The van der Waals surface area contributed by atoms with Crippen LogP contribution in [0.4, 0.5) is 3.89 Å². The van der Waals surface area contributed by atoms with Gasteiger partial charge in [-0.15, -0.1) is 3.89 Å².